The summed E-state index contributed by atoms with van der Waals surface area (Å²) in [5.74, 6) is -0.494. The summed E-state index contributed by atoms with van der Waals surface area (Å²) in [4.78, 5) is 27.3. The van der Waals surface area contributed by atoms with Crippen molar-refractivity contribution >= 4 is 34.4 Å². The normalized spacial score (nSPS) is 14.8. The van der Waals surface area contributed by atoms with E-state index in [1.807, 2.05) is 50.4 Å². The van der Waals surface area contributed by atoms with Gasteiger partial charge in [-0.15, -0.1) is 11.3 Å². The summed E-state index contributed by atoms with van der Waals surface area (Å²) in [6.07, 6.45) is 0. The zero-order valence-corrected chi connectivity index (χ0v) is 14.2. The molecule has 0 saturated heterocycles. The molecule has 1 aliphatic rings. The highest BCUT2D eigenvalue weighted by molar-refractivity contribution is 7.11. The van der Waals surface area contributed by atoms with E-state index >= 15 is 0 Å². The third-order valence-electron chi connectivity index (χ3n) is 3.74. The molecule has 2 amide bonds. The second-order valence-corrected chi connectivity index (χ2v) is 6.53. The van der Waals surface area contributed by atoms with Gasteiger partial charge in [-0.3, -0.25) is 14.5 Å². The van der Waals surface area contributed by atoms with Crippen molar-refractivity contribution in [3.8, 4) is 0 Å². The SMILES string of the molecule is CCN1C(=O)C(Nc2cc(C)cc(C)c2)=C(c2cccs2)C1=O. The number of anilines is 1. The number of amides is 2. The maximum Gasteiger partial charge on any atom is 0.278 e. The molecule has 4 nitrogen and oxygen atoms in total. The molecule has 0 radical (unpaired) electrons. The van der Waals surface area contributed by atoms with Crippen LogP contribution in [0.1, 0.15) is 22.9 Å². The maximum absolute atomic E-state index is 12.6. The van der Waals surface area contributed by atoms with Crippen LogP contribution >= 0.6 is 11.3 Å². The van der Waals surface area contributed by atoms with E-state index in [-0.39, 0.29) is 11.8 Å². The number of nitrogens with one attached hydrogen (secondary N) is 1. The fourth-order valence-electron chi connectivity index (χ4n) is 2.82. The quantitative estimate of drug-likeness (QED) is 0.874. The van der Waals surface area contributed by atoms with Crippen molar-refractivity contribution in [2.24, 2.45) is 0 Å². The molecule has 0 aliphatic carbocycles. The average Bonchev–Trinajstić information content (AvgIpc) is 3.06. The monoisotopic (exact) mass is 326 g/mol. The summed E-state index contributed by atoms with van der Waals surface area (Å²) < 4.78 is 0. The number of carbonyl (C=O) groups is 2. The molecule has 1 aliphatic heterocycles. The zero-order valence-electron chi connectivity index (χ0n) is 13.3. The van der Waals surface area contributed by atoms with E-state index in [2.05, 4.69) is 11.4 Å². The predicted molar refractivity (Wildman–Crippen MR) is 93.2 cm³/mol. The lowest BCUT2D eigenvalue weighted by Crippen LogP contribution is -2.32. The standard InChI is InChI=1S/C18H18N2O2S/c1-4-20-17(21)15(14-6-5-7-23-14)16(18(20)22)19-13-9-11(2)8-12(3)10-13/h5-10,19H,4H2,1-3H3. The number of hydrogen-bond acceptors (Lipinski definition) is 4. The summed E-state index contributed by atoms with van der Waals surface area (Å²) in [6, 6.07) is 9.76. The summed E-state index contributed by atoms with van der Waals surface area (Å²) >= 11 is 1.46. The second-order valence-electron chi connectivity index (χ2n) is 5.58. The van der Waals surface area contributed by atoms with Gasteiger partial charge in [0.25, 0.3) is 11.8 Å². The third kappa shape index (κ3) is 2.80. The van der Waals surface area contributed by atoms with Crippen molar-refractivity contribution in [3.63, 3.8) is 0 Å². The number of aryl methyl sites for hydroxylation is 2. The van der Waals surface area contributed by atoms with Crippen LogP contribution in [0.4, 0.5) is 5.69 Å². The molecule has 3 rings (SSSR count). The molecule has 23 heavy (non-hydrogen) atoms. The van der Waals surface area contributed by atoms with Gasteiger partial charge in [0.15, 0.2) is 0 Å². The van der Waals surface area contributed by atoms with Crippen LogP contribution in [0.25, 0.3) is 5.57 Å². The van der Waals surface area contributed by atoms with E-state index in [1.54, 1.807) is 0 Å². The molecule has 118 valence electrons. The molecule has 0 unspecified atom stereocenters. The van der Waals surface area contributed by atoms with Crippen LogP contribution in [0.2, 0.25) is 0 Å². The van der Waals surface area contributed by atoms with Crippen LogP contribution in [-0.4, -0.2) is 23.3 Å². The number of rotatable bonds is 4. The smallest absolute Gasteiger partial charge is 0.278 e. The van der Waals surface area contributed by atoms with Crippen LogP contribution in [0.3, 0.4) is 0 Å². The Labute approximate surface area is 139 Å². The van der Waals surface area contributed by atoms with Crippen LogP contribution < -0.4 is 5.32 Å². The Morgan fingerprint density at radius 2 is 1.78 bits per heavy atom. The molecule has 0 atom stereocenters. The first-order chi connectivity index (χ1) is 11.0. The molecule has 1 aromatic heterocycles. The third-order valence-corrected chi connectivity index (χ3v) is 4.63. The van der Waals surface area contributed by atoms with Gasteiger partial charge < -0.3 is 5.32 Å². The largest absolute Gasteiger partial charge is 0.350 e. The Bertz CT molecular complexity index is 786. The average molecular weight is 326 g/mol. The lowest BCUT2D eigenvalue weighted by Gasteiger charge is -2.12. The first-order valence-electron chi connectivity index (χ1n) is 7.51. The fourth-order valence-corrected chi connectivity index (χ4v) is 3.59. The molecule has 0 bridgehead atoms. The number of hydrogen-bond donors (Lipinski definition) is 1. The van der Waals surface area contributed by atoms with Gasteiger partial charge in [0, 0.05) is 17.1 Å². The van der Waals surface area contributed by atoms with Crippen LogP contribution in [-0.2, 0) is 9.59 Å². The van der Waals surface area contributed by atoms with Gasteiger partial charge in [-0.2, -0.15) is 0 Å². The molecular weight excluding hydrogens is 308 g/mol. The number of benzene rings is 1. The van der Waals surface area contributed by atoms with Crippen molar-refractivity contribution in [2.75, 3.05) is 11.9 Å². The summed E-state index contributed by atoms with van der Waals surface area (Å²) in [6.45, 7) is 6.19. The van der Waals surface area contributed by atoms with Gasteiger partial charge in [0.05, 0.1) is 5.57 Å². The van der Waals surface area contributed by atoms with Crippen LogP contribution in [0, 0.1) is 13.8 Å². The van der Waals surface area contributed by atoms with Gasteiger partial charge in [0.1, 0.15) is 5.70 Å². The number of carbonyl (C=O) groups excluding carboxylic acids is 2. The number of thiophene rings is 1. The van der Waals surface area contributed by atoms with E-state index in [1.165, 1.54) is 16.2 Å². The maximum atomic E-state index is 12.6. The molecule has 1 N–H and O–H groups in total. The molecule has 5 heteroatoms. The molecule has 0 saturated carbocycles. The van der Waals surface area contributed by atoms with E-state index in [0.717, 1.165) is 21.7 Å². The molecule has 0 spiro atoms. The Kier molecular flexibility index (Phi) is 4.05. The van der Waals surface area contributed by atoms with Gasteiger partial charge >= 0.3 is 0 Å². The lowest BCUT2D eigenvalue weighted by molar-refractivity contribution is -0.136. The summed E-state index contributed by atoms with van der Waals surface area (Å²) in [7, 11) is 0. The topological polar surface area (TPSA) is 49.4 Å². The Morgan fingerprint density at radius 3 is 2.35 bits per heavy atom. The van der Waals surface area contributed by atoms with E-state index in [0.29, 0.717) is 17.8 Å². The molecule has 2 heterocycles. The molecular formula is C18H18N2O2S. The minimum Gasteiger partial charge on any atom is -0.350 e. The Balaban J connectivity index is 2.08. The van der Waals surface area contributed by atoms with Crippen molar-refractivity contribution in [1.82, 2.24) is 4.90 Å². The highest BCUT2D eigenvalue weighted by atomic mass is 32.1. The molecule has 2 aromatic rings. The van der Waals surface area contributed by atoms with E-state index in [9.17, 15) is 9.59 Å². The zero-order chi connectivity index (χ0) is 16.6. The van der Waals surface area contributed by atoms with Gasteiger partial charge in [-0.1, -0.05) is 12.1 Å². The van der Waals surface area contributed by atoms with Crippen LogP contribution in [0.15, 0.2) is 41.4 Å². The summed E-state index contributed by atoms with van der Waals surface area (Å²) in [5.41, 5.74) is 3.87. The number of imide groups is 1. The van der Waals surface area contributed by atoms with Crippen molar-refractivity contribution in [1.29, 1.82) is 0 Å². The van der Waals surface area contributed by atoms with Gasteiger partial charge in [-0.05, 0) is 55.5 Å². The van der Waals surface area contributed by atoms with Gasteiger partial charge in [0.2, 0.25) is 0 Å². The number of likely N-dealkylation sites (N-methyl/N-ethyl adjacent to an activating group) is 1. The van der Waals surface area contributed by atoms with Crippen molar-refractivity contribution in [3.05, 3.63) is 57.4 Å². The number of nitrogens with zero attached hydrogens (tertiary/aromatic N) is 1. The van der Waals surface area contributed by atoms with Gasteiger partial charge in [-0.25, -0.2) is 0 Å². The predicted octanol–water partition coefficient (Wildman–Crippen LogP) is 3.58. The highest BCUT2D eigenvalue weighted by Crippen LogP contribution is 2.32. The Hall–Kier alpha value is -2.40. The summed E-state index contributed by atoms with van der Waals surface area (Å²) in [5, 5.41) is 5.09. The van der Waals surface area contributed by atoms with E-state index < -0.39 is 0 Å². The molecule has 0 fully saturated rings. The van der Waals surface area contributed by atoms with Crippen LogP contribution in [0.5, 0.6) is 0 Å². The first-order valence-corrected chi connectivity index (χ1v) is 8.39. The fraction of sp³-hybridized carbons (Fsp3) is 0.222. The van der Waals surface area contributed by atoms with E-state index in [4.69, 9.17) is 0 Å². The second kappa shape index (κ2) is 6.01. The Morgan fingerprint density at radius 1 is 1.09 bits per heavy atom. The molecule has 1 aromatic carbocycles. The van der Waals surface area contributed by atoms with Crippen molar-refractivity contribution in [2.45, 2.75) is 20.8 Å². The first kappa shape index (κ1) is 15.5. The highest BCUT2D eigenvalue weighted by Gasteiger charge is 2.38. The van der Waals surface area contributed by atoms with Crippen molar-refractivity contribution < 1.29 is 9.59 Å². The lowest BCUT2D eigenvalue weighted by atomic mass is 10.1. The minimum atomic E-state index is -0.264. The minimum absolute atomic E-state index is 0.230.